The molecule has 1 heterocycles. The molecule has 1 aromatic carbocycles. The minimum absolute atomic E-state index is 0.0257. The molecule has 8 heteroatoms. The van der Waals surface area contributed by atoms with Gasteiger partial charge in [0.1, 0.15) is 11.1 Å². The quantitative estimate of drug-likeness (QED) is 0.483. The third-order valence-electron chi connectivity index (χ3n) is 4.20. The molecule has 1 aliphatic heterocycles. The summed E-state index contributed by atoms with van der Waals surface area (Å²) in [6.45, 7) is 10.4. The van der Waals surface area contributed by atoms with Crippen molar-refractivity contribution in [1.29, 1.82) is 0 Å². The van der Waals surface area contributed by atoms with Crippen molar-refractivity contribution in [3.8, 4) is 0 Å². The van der Waals surface area contributed by atoms with Gasteiger partial charge in [0.2, 0.25) is 5.90 Å². The van der Waals surface area contributed by atoms with Gasteiger partial charge in [-0.1, -0.05) is 30.3 Å². The van der Waals surface area contributed by atoms with Crippen molar-refractivity contribution in [1.82, 2.24) is 0 Å². The Kier molecular flexibility index (Phi) is 7.60. The van der Waals surface area contributed by atoms with Gasteiger partial charge < -0.3 is 18.9 Å². The summed E-state index contributed by atoms with van der Waals surface area (Å²) in [5, 5.41) is 0. The number of ether oxygens (including phenoxy) is 4. The molecule has 0 amide bonds. The van der Waals surface area contributed by atoms with Crippen molar-refractivity contribution in [2.24, 2.45) is 4.99 Å². The van der Waals surface area contributed by atoms with Gasteiger partial charge in [-0.15, -0.1) is 0 Å². The number of benzene rings is 1. The monoisotopic (exact) mass is 431 g/mol. The highest BCUT2D eigenvalue weighted by Gasteiger charge is 2.60. The first-order chi connectivity index (χ1) is 14.6. The van der Waals surface area contributed by atoms with E-state index in [-0.39, 0.29) is 36.9 Å². The maximum Gasteiger partial charge on any atom is 0.360 e. The van der Waals surface area contributed by atoms with E-state index in [1.807, 2.05) is 0 Å². The topological polar surface area (TPSA) is 100 Å². The number of esters is 3. The van der Waals surface area contributed by atoms with E-state index in [2.05, 4.69) is 4.99 Å². The predicted molar refractivity (Wildman–Crippen MR) is 113 cm³/mol. The van der Waals surface area contributed by atoms with Crippen molar-refractivity contribution in [2.75, 3.05) is 19.8 Å². The highest BCUT2D eigenvalue weighted by atomic mass is 16.6. The van der Waals surface area contributed by atoms with Gasteiger partial charge in [-0.05, 0) is 41.5 Å². The number of rotatable bonds is 7. The lowest BCUT2D eigenvalue weighted by molar-refractivity contribution is -0.163. The third kappa shape index (κ3) is 4.95. The van der Waals surface area contributed by atoms with Crippen LogP contribution in [0.5, 0.6) is 0 Å². The van der Waals surface area contributed by atoms with E-state index in [9.17, 15) is 14.4 Å². The summed E-state index contributed by atoms with van der Waals surface area (Å²) in [4.78, 5) is 43.9. The van der Waals surface area contributed by atoms with E-state index in [0.717, 1.165) is 0 Å². The van der Waals surface area contributed by atoms with E-state index in [4.69, 9.17) is 18.9 Å². The molecule has 31 heavy (non-hydrogen) atoms. The smallest absolute Gasteiger partial charge is 0.360 e. The van der Waals surface area contributed by atoms with Gasteiger partial charge in [0.25, 0.3) is 5.60 Å². The first kappa shape index (κ1) is 24.1. The summed E-state index contributed by atoms with van der Waals surface area (Å²) in [5.41, 5.74) is -2.99. The zero-order valence-corrected chi connectivity index (χ0v) is 18.8. The second kappa shape index (κ2) is 9.76. The predicted octanol–water partition coefficient (Wildman–Crippen LogP) is 3.10. The summed E-state index contributed by atoms with van der Waals surface area (Å²) in [6.07, 6.45) is 0. The SMILES string of the molecule is CCOC(=O)C1=C(C(=O)OCC)C(C(=O)OCC)(c2ccccc2)OC1=NC(C)(C)C. The van der Waals surface area contributed by atoms with Crippen molar-refractivity contribution in [3.05, 3.63) is 47.0 Å². The van der Waals surface area contributed by atoms with Gasteiger partial charge in [-0.2, -0.15) is 0 Å². The molecule has 1 unspecified atom stereocenters. The molecule has 0 bridgehead atoms. The van der Waals surface area contributed by atoms with Crippen LogP contribution in [0.15, 0.2) is 46.5 Å². The van der Waals surface area contributed by atoms with Gasteiger partial charge in [-0.25, -0.2) is 19.4 Å². The molecule has 0 aliphatic carbocycles. The summed E-state index contributed by atoms with van der Waals surface area (Å²) in [7, 11) is 0. The molecule has 0 fully saturated rings. The largest absolute Gasteiger partial charge is 0.462 e. The minimum Gasteiger partial charge on any atom is -0.462 e. The Morgan fingerprint density at radius 2 is 1.45 bits per heavy atom. The van der Waals surface area contributed by atoms with E-state index in [1.165, 1.54) is 0 Å². The van der Waals surface area contributed by atoms with Crippen molar-refractivity contribution in [3.63, 3.8) is 0 Å². The highest BCUT2D eigenvalue weighted by molar-refractivity contribution is 6.26. The molecule has 0 N–H and O–H groups in total. The van der Waals surface area contributed by atoms with Gasteiger partial charge >= 0.3 is 17.9 Å². The molecule has 1 aliphatic rings. The molecular formula is C23H29NO7. The van der Waals surface area contributed by atoms with E-state index in [1.54, 1.807) is 71.9 Å². The highest BCUT2D eigenvalue weighted by Crippen LogP contribution is 2.44. The number of hydrogen-bond donors (Lipinski definition) is 0. The normalized spacial score (nSPS) is 19.7. The number of hydrogen-bond acceptors (Lipinski definition) is 8. The Morgan fingerprint density at radius 3 is 1.97 bits per heavy atom. The third-order valence-corrected chi connectivity index (χ3v) is 4.20. The lowest BCUT2D eigenvalue weighted by Gasteiger charge is -2.29. The number of carbonyl (C=O) groups is 3. The van der Waals surface area contributed by atoms with E-state index in [0.29, 0.717) is 5.56 Å². The van der Waals surface area contributed by atoms with E-state index >= 15 is 0 Å². The number of aliphatic imine (C=N–C) groups is 1. The van der Waals surface area contributed by atoms with Gasteiger partial charge in [-0.3, -0.25) is 0 Å². The molecule has 0 saturated heterocycles. The Labute approximate surface area is 182 Å². The Morgan fingerprint density at radius 1 is 0.903 bits per heavy atom. The molecule has 0 saturated carbocycles. The van der Waals surface area contributed by atoms with Gasteiger partial charge in [0.15, 0.2) is 0 Å². The van der Waals surface area contributed by atoms with Crippen molar-refractivity contribution >= 4 is 23.8 Å². The van der Waals surface area contributed by atoms with Gasteiger partial charge in [0.05, 0.1) is 25.4 Å². The molecule has 0 radical (unpaired) electrons. The fourth-order valence-corrected chi connectivity index (χ4v) is 3.13. The van der Waals surface area contributed by atoms with Crippen LogP contribution in [0.25, 0.3) is 0 Å². The fourth-order valence-electron chi connectivity index (χ4n) is 3.13. The average molecular weight is 431 g/mol. The van der Waals surface area contributed by atoms with E-state index < -0.39 is 29.0 Å². The van der Waals surface area contributed by atoms with Crippen LogP contribution in [-0.4, -0.2) is 49.2 Å². The molecule has 2 rings (SSSR count). The van der Waals surface area contributed by atoms with Crippen LogP contribution in [0.1, 0.15) is 47.1 Å². The molecule has 0 spiro atoms. The van der Waals surface area contributed by atoms with Crippen LogP contribution >= 0.6 is 0 Å². The lowest BCUT2D eigenvalue weighted by atomic mass is 9.84. The first-order valence-electron chi connectivity index (χ1n) is 10.2. The first-order valence-corrected chi connectivity index (χ1v) is 10.2. The summed E-state index contributed by atoms with van der Waals surface area (Å²) >= 11 is 0. The molecule has 168 valence electrons. The fraction of sp³-hybridized carbons (Fsp3) is 0.478. The Bertz CT molecular complexity index is 896. The number of carbonyl (C=O) groups excluding carboxylic acids is 3. The second-order valence-electron chi connectivity index (χ2n) is 7.65. The lowest BCUT2D eigenvalue weighted by Crippen LogP contribution is -2.43. The second-order valence-corrected chi connectivity index (χ2v) is 7.65. The summed E-state index contributed by atoms with van der Waals surface area (Å²) in [6, 6.07) is 8.34. The Balaban J connectivity index is 2.96. The molecule has 1 aromatic rings. The van der Waals surface area contributed by atoms with Crippen LogP contribution in [-0.2, 0) is 38.9 Å². The maximum atomic E-state index is 13.3. The van der Waals surface area contributed by atoms with Crippen LogP contribution in [0, 0.1) is 0 Å². The van der Waals surface area contributed by atoms with Crippen LogP contribution in [0.2, 0.25) is 0 Å². The van der Waals surface area contributed by atoms with Crippen molar-refractivity contribution in [2.45, 2.75) is 52.7 Å². The molecule has 0 aromatic heterocycles. The average Bonchev–Trinajstić information content (AvgIpc) is 3.03. The zero-order chi connectivity index (χ0) is 23.2. The van der Waals surface area contributed by atoms with Crippen LogP contribution < -0.4 is 0 Å². The molecule has 8 nitrogen and oxygen atoms in total. The van der Waals surface area contributed by atoms with Crippen LogP contribution in [0.4, 0.5) is 0 Å². The standard InChI is InChI=1S/C23H29NO7/c1-7-28-19(25)16-17(20(26)29-8-2)23(21(27)30-9-3,15-13-11-10-12-14-15)31-18(16)24-22(4,5)6/h10-14H,7-9H2,1-6H3. The zero-order valence-electron chi connectivity index (χ0n) is 18.8. The Hall–Kier alpha value is -3.16. The van der Waals surface area contributed by atoms with Crippen LogP contribution in [0.3, 0.4) is 0 Å². The van der Waals surface area contributed by atoms with Crippen molar-refractivity contribution < 1.29 is 33.3 Å². The summed E-state index contributed by atoms with van der Waals surface area (Å²) < 4.78 is 21.8. The number of nitrogens with zero attached hydrogens (tertiary/aromatic N) is 1. The molecular weight excluding hydrogens is 402 g/mol. The minimum atomic E-state index is -2.06. The maximum absolute atomic E-state index is 13.3. The summed E-state index contributed by atoms with van der Waals surface area (Å²) in [5.74, 6) is -2.76. The molecule has 1 atom stereocenters. The van der Waals surface area contributed by atoms with Gasteiger partial charge in [0, 0.05) is 5.56 Å².